The minimum absolute atomic E-state index is 0.00315. The lowest BCUT2D eigenvalue weighted by Gasteiger charge is -2.23. The number of carbonyl (C=O) groups excluding carboxylic acids is 8. The number of phosphoric acid groups is 3. The van der Waals surface area contributed by atoms with Crippen molar-refractivity contribution in [3.63, 3.8) is 0 Å². The zero-order valence-electron chi connectivity index (χ0n) is 74.8. The van der Waals surface area contributed by atoms with Crippen molar-refractivity contribution in [2.45, 2.75) is 197 Å². The van der Waals surface area contributed by atoms with Gasteiger partial charge in [0.15, 0.2) is 0 Å². The van der Waals surface area contributed by atoms with E-state index in [9.17, 15) is 66.4 Å². The molecule has 0 saturated carbocycles. The van der Waals surface area contributed by atoms with Crippen LogP contribution in [0.3, 0.4) is 0 Å². The number of aryl methyl sites for hydroxylation is 2. The van der Waals surface area contributed by atoms with Gasteiger partial charge in [0.25, 0.3) is 23.6 Å². The second-order valence-electron chi connectivity index (χ2n) is 33.2. The summed E-state index contributed by atoms with van der Waals surface area (Å²) in [5.74, 6) is -1.25. The molecule has 0 aliphatic heterocycles. The Bertz CT molecular complexity index is 5030. The molecule has 0 spiro atoms. The highest BCUT2D eigenvalue weighted by Gasteiger charge is 2.31. The average molecular weight is 1870 g/mol. The molecule has 3 heterocycles. The Kier molecular flexibility index (Phi) is 41.8. The van der Waals surface area contributed by atoms with E-state index in [0.717, 1.165) is 42.1 Å². The Hall–Kier alpha value is -11.5. The van der Waals surface area contributed by atoms with Crippen molar-refractivity contribution in [3.8, 4) is 17.2 Å². The Labute approximate surface area is 756 Å². The maximum Gasteiger partial charge on any atom is 0.524 e. The van der Waals surface area contributed by atoms with E-state index in [-0.39, 0.29) is 119 Å². The number of rotatable bonds is 39. The van der Waals surface area contributed by atoms with Crippen LogP contribution in [-0.2, 0) is 63.1 Å². The third kappa shape index (κ3) is 40.3. The molecular weight excluding hydrogens is 1750 g/mol. The number of nitrogens with one attached hydrogen (secondary N) is 8. The highest BCUT2D eigenvalue weighted by molar-refractivity contribution is 7.60. The van der Waals surface area contributed by atoms with Crippen LogP contribution >= 0.6 is 31.1 Å². The average Bonchev–Trinajstić information content (AvgIpc) is 0.817. The topological polar surface area (TPSA) is 568 Å². The number of hydrogen-bond acceptors (Lipinski definition) is 20. The van der Waals surface area contributed by atoms with E-state index in [1.165, 1.54) is 85.5 Å². The molecule has 8 amide bonds. The number of amides is 8. The van der Waals surface area contributed by atoms with E-state index in [0.29, 0.717) is 62.7 Å². The zero-order chi connectivity index (χ0) is 96.5. The van der Waals surface area contributed by atoms with E-state index in [4.69, 9.17) is 35.1 Å². The molecule has 6 aromatic carbocycles. The molecule has 702 valence electrons. The van der Waals surface area contributed by atoms with Gasteiger partial charge < -0.3 is 71.6 Å². The fraction of sp³-hybridized carbons (Fsp3) is 0.378. The van der Waals surface area contributed by atoms with Gasteiger partial charge in [-0.05, 0) is 203 Å². The zero-order valence-corrected chi connectivity index (χ0v) is 78.4. The summed E-state index contributed by atoms with van der Waals surface area (Å²) in [6, 6.07) is 39.2. The molecule has 0 aliphatic carbocycles. The number of anilines is 1. The number of pyridine rings is 2. The highest BCUT2D eigenvalue weighted by Crippen LogP contribution is 2.40. The quantitative estimate of drug-likeness (QED) is 0.0159. The third-order valence-corrected chi connectivity index (χ3v) is 21.4. The van der Waals surface area contributed by atoms with Crippen molar-refractivity contribution in [3.05, 3.63) is 245 Å². The van der Waals surface area contributed by atoms with E-state index >= 15 is 0 Å². The summed E-state index contributed by atoms with van der Waals surface area (Å²) in [4.78, 5) is 191. The Morgan fingerprint density at radius 1 is 0.338 bits per heavy atom. The standard InChI is InChI=1S/C26H31N2O5P.C22H30N3O6P.2C21H29N4O6P/c1-17(2)15-18(3)27-26(30)24(16-19-11-13-21(14-12-19)34(31,32)33)28-25(29)23-10-6-8-20-7-4-5-9-22(20)23;1-14(2)11-16(4)24-22(27)20(25-21(26)18-8-5-15(3)23-13-18)12-17-6-9-19(10-7-17)31-32(28,29)30;1-13(2)9-14(3)24-20(26)18(25-21(27)19-12-22-15(4)11-23-19)10-16-5-7-17(8-6-16)31-32(28,29)30;1-13(2)10-14(3)24-21(27)18(25-20(26)16-6-9-19(22)23-12-16)11-15-4-7-17(8-5-15)31-32(28,29)30/h4-14,17-18,24H,15-16H2,1-3H3,(H,27,30)(H,28,29)(H2,31,32,33);5-10,13-14,16,20H,11-12H2,1-4H3,(H,24,27)(H,25,26)(H2,28,29,30);5-8,11-14,18H,9-10H2,1-4H3,(H,24,26)(H,25,27)(H2,28,29,30);4-9,12-14,18H,10-11H2,1-3H3,(H2,22,23)(H,24,27)(H,25,26)(H2,28,29,30). The Morgan fingerprint density at radius 3 is 0.977 bits per heavy atom. The van der Waals surface area contributed by atoms with Crippen molar-refractivity contribution in [2.75, 3.05) is 5.73 Å². The summed E-state index contributed by atoms with van der Waals surface area (Å²) in [5.41, 5.74) is 10.8. The molecule has 0 radical (unpaired) electrons. The Balaban J connectivity index is 0.000000267. The summed E-state index contributed by atoms with van der Waals surface area (Å²) in [7, 11) is -18.3. The van der Waals surface area contributed by atoms with Gasteiger partial charge in [-0.2, -0.15) is 0 Å². The van der Waals surface area contributed by atoms with Gasteiger partial charge in [-0.1, -0.05) is 140 Å². The molecule has 18 N–H and O–H groups in total. The molecule has 36 nitrogen and oxygen atoms in total. The fourth-order valence-corrected chi connectivity index (χ4v) is 15.3. The lowest BCUT2D eigenvalue weighted by atomic mass is 10.0. The molecule has 9 rings (SSSR count). The number of fused-ring (bicyclic) bond motifs is 1. The van der Waals surface area contributed by atoms with Crippen LogP contribution < -0.4 is 67.1 Å². The van der Waals surface area contributed by atoms with Crippen LogP contribution in [0.2, 0.25) is 0 Å². The largest absolute Gasteiger partial charge is 0.524 e. The first-order valence-electron chi connectivity index (χ1n) is 41.9. The first-order valence-corrected chi connectivity index (χ1v) is 48.1. The van der Waals surface area contributed by atoms with Crippen molar-refractivity contribution < 1.29 is 109 Å². The maximum atomic E-state index is 13.2. The second kappa shape index (κ2) is 50.6. The smallest absolute Gasteiger partial charge is 0.404 e. The normalized spacial score (nSPS) is 13.4. The van der Waals surface area contributed by atoms with Gasteiger partial charge in [0.2, 0.25) is 23.6 Å². The van der Waals surface area contributed by atoms with E-state index in [1.807, 2.05) is 65.0 Å². The number of benzene rings is 6. The SMILES string of the molecule is CC(C)CC(C)NC(=O)C(Cc1ccc(OP(=O)(O)O)cc1)NC(=O)c1ccc(N)nc1.CC(C)CC(C)NC(=O)C(Cc1ccc(P(=O)(O)O)cc1)NC(=O)c1cccc2ccccc12.Cc1ccc(C(=O)NC(Cc2ccc(OP(=O)(O)O)cc2)C(=O)NC(C)CC(C)C)cn1.Cc1cnc(C(=O)NC(Cc2ccc(OP(=O)(O)O)cc2)C(=O)NC(C)CC(C)C)cn1. The van der Waals surface area contributed by atoms with Gasteiger partial charge in [0.05, 0.1) is 28.3 Å². The molecule has 9 aromatic rings. The van der Waals surface area contributed by atoms with Crippen LogP contribution in [0.1, 0.15) is 184 Å². The number of nitrogens with zero attached hydrogens (tertiary/aromatic N) is 4. The van der Waals surface area contributed by atoms with Crippen molar-refractivity contribution >= 4 is 100 Å². The summed E-state index contributed by atoms with van der Waals surface area (Å²) in [5, 5.41) is 24.5. The number of nitrogens with two attached hydrogens (primary N) is 1. The van der Waals surface area contributed by atoms with Gasteiger partial charge >= 0.3 is 31.1 Å². The lowest BCUT2D eigenvalue weighted by molar-refractivity contribution is -0.124. The monoisotopic (exact) mass is 1870 g/mol. The van der Waals surface area contributed by atoms with Gasteiger partial charge in [-0.15, -0.1) is 0 Å². The van der Waals surface area contributed by atoms with Crippen LogP contribution in [0.15, 0.2) is 189 Å². The summed E-state index contributed by atoms with van der Waals surface area (Å²) in [6.07, 6.45) is 9.42. The van der Waals surface area contributed by atoms with Gasteiger partial charge in [-0.3, -0.25) is 82.2 Å². The first kappa shape index (κ1) is 107. The Morgan fingerprint density at radius 2 is 0.662 bits per heavy atom. The molecule has 130 heavy (non-hydrogen) atoms. The van der Waals surface area contributed by atoms with Crippen molar-refractivity contribution in [2.24, 2.45) is 23.7 Å². The molecule has 8 unspecified atom stereocenters. The molecule has 40 heteroatoms. The number of hydrogen-bond donors (Lipinski definition) is 17. The van der Waals surface area contributed by atoms with Gasteiger partial charge in [0, 0.05) is 79.7 Å². The van der Waals surface area contributed by atoms with Gasteiger partial charge in [-0.25, -0.2) is 23.7 Å². The van der Waals surface area contributed by atoms with E-state index < -0.39 is 73.0 Å². The summed E-state index contributed by atoms with van der Waals surface area (Å²) >= 11 is 0. The lowest BCUT2D eigenvalue weighted by Crippen LogP contribution is -2.50. The molecule has 0 saturated heterocycles. The fourth-order valence-electron chi connectivity index (χ4n) is 13.5. The predicted molar refractivity (Wildman–Crippen MR) is 492 cm³/mol. The molecule has 0 fully saturated rings. The molecule has 3 aromatic heterocycles. The van der Waals surface area contributed by atoms with Crippen LogP contribution in [0.5, 0.6) is 17.2 Å². The predicted octanol–water partition coefficient (Wildman–Crippen LogP) is 10.5. The van der Waals surface area contributed by atoms with Crippen LogP contribution in [0.25, 0.3) is 10.8 Å². The number of phosphoric ester groups is 3. The molecular formula is C90H119N13O23P4. The maximum absolute atomic E-state index is 13.2. The van der Waals surface area contributed by atoms with Crippen LogP contribution in [0.4, 0.5) is 5.82 Å². The van der Waals surface area contributed by atoms with Crippen LogP contribution in [0, 0.1) is 37.5 Å². The minimum atomic E-state index is -4.67. The summed E-state index contributed by atoms with van der Waals surface area (Å²) in [6.45, 7) is 27.7. The minimum Gasteiger partial charge on any atom is -0.404 e. The molecule has 0 bridgehead atoms. The number of aromatic nitrogens is 4. The molecule has 0 aliphatic rings. The number of nitrogen functional groups attached to an aromatic ring is 1. The third-order valence-electron chi connectivity index (χ3n) is 19.1. The van der Waals surface area contributed by atoms with Gasteiger partial charge in [0.1, 0.15) is 52.9 Å². The highest BCUT2D eigenvalue weighted by atomic mass is 31.2. The van der Waals surface area contributed by atoms with E-state index in [1.54, 1.807) is 79.7 Å². The second-order valence-corrected chi connectivity index (χ2v) is 38.3. The van der Waals surface area contributed by atoms with Crippen molar-refractivity contribution in [1.29, 1.82) is 0 Å². The first-order chi connectivity index (χ1) is 60.8. The van der Waals surface area contributed by atoms with Crippen molar-refractivity contribution in [1.82, 2.24) is 62.5 Å². The number of carbonyl (C=O) groups is 8. The summed E-state index contributed by atoms with van der Waals surface area (Å²) < 4.78 is 58.0. The van der Waals surface area contributed by atoms with Crippen LogP contribution in [-0.4, -0.2) is 155 Å². The molecule has 8 atom stereocenters. The van der Waals surface area contributed by atoms with E-state index in [2.05, 4.69) is 131 Å².